The molecule has 1 aromatic carbocycles. The summed E-state index contributed by atoms with van der Waals surface area (Å²) in [5.74, 6) is -0.596. The zero-order chi connectivity index (χ0) is 15.4. The maximum Gasteiger partial charge on any atom is 0.251 e. The minimum atomic E-state index is -3.78. The molecule has 0 atom stereocenters. The van der Waals surface area contributed by atoms with Gasteiger partial charge in [-0.2, -0.15) is 0 Å². The smallest absolute Gasteiger partial charge is 0.251 e. The zero-order valence-electron chi connectivity index (χ0n) is 11.1. The molecule has 0 spiro atoms. The van der Waals surface area contributed by atoms with Crippen molar-refractivity contribution in [2.75, 3.05) is 25.6 Å². The third kappa shape index (κ3) is 4.91. The summed E-state index contributed by atoms with van der Waals surface area (Å²) in [6.07, 6.45) is 1.03. The van der Waals surface area contributed by atoms with Gasteiger partial charge in [-0.25, -0.2) is 21.6 Å². The SMILES string of the molecule is CNC(=O)c1ccc(S(=O)(=O)NCCS(C)(=O)=O)cc1. The number of hydrogen-bond acceptors (Lipinski definition) is 5. The Kier molecular flexibility index (Phi) is 5.26. The lowest BCUT2D eigenvalue weighted by Crippen LogP contribution is -2.29. The van der Waals surface area contributed by atoms with Crippen molar-refractivity contribution in [1.82, 2.24) is 10.0 Å². The molecule has 1 amide bonds. The number of sulfone groups is 1. The third-order valence-electron chi connectivity index (χ3n) is 2.42. The average Bonchev–Trinajstić information content (AvgIpc) is 2.36. The lowest BCUT2D eigenvalue weighted by atomic mass is 10.2. The van der Waals surface area contributed by atoms with Crippen LogP contribution in [0.5, 0.6) is 0 Å². The fourth-order valence-electron chi connectivity index (χ4n) is 1.37. The molecule has 0 aromatic heterocycles. The van der Waals surface area contributed by atoms with E-state index in [9.17, 15) is 21.6 Å². The number of hydrogen-bond donors (Lipinski definition) is 2. The summed E-state index contributed by atoms with van der Waals surface area (Å²) in [6, 6.07) is 5.33. The van der Waals surface area contributed by atoms with Crippen molar-refractivity contribution in [2.45, 2.75) is 4.90 Å². The Morgan fingerprint density at radius 1 is 1.10 bits per heavy atom. The van der Waals surface area contributed by atoms with Gasteiger partial charge in [-0.15, -0.1) is 0 Å². The van der Waals surface area contributed by atoms with Gasteiger partial charge in [-0.05, 0) is 24.3 Å². The molecule has 0 unspecified atom stereocenters. The summed E-state index contributed by atoms with van der Waals surface area (Å²) in [6.45, 7) is -0.196. The van der Waals surface area contributed by atoms with Crippen LogP contribution in [0.2, 0.25) is 0 Å². The number of benzene rings is 1. The lowest BCUT2D eigenvalue weighted by Gasteiger charge is -2.07. The number of nitrogens with one attached hydrogen (secondary N) is 2. The highest BCUT2D eigenvalue weighted by Crippen LogP contribution is 2.10. The van der Waals surface area contributed by atoms with Gasteiger partial charge in [0.25, 0.3) is 5.91 Å². The van der Waals surface area contributed by atoms with Crippen LogP contribution in [0.15, 0.2) is 29.2 Å². The van der Waals surface area contributed by atoms with Crippen LogP contribution in [0.3, 0.4) is 0 Å². The molecule has 2 N–H and O–H groups in total. The van der Waals surface area contributed by atoms with E-state index >= 15 is 0 Å². The molecule has 0 aliphatic rings. The molecule has 112 valence electrons. The van der Waals surface area contributed by atoms with E-state index in [0.717, 1.165) is 6.26 Å². The van der Waals surface area contributed by atoms with Crippen molar-refractivity contribution in [3.8, 4) is 0 Å². The first-order valence-electron chi connectivity index (χ1n) is 5.65. The summed E-state index contributed by atoms with van der Waals surface area (Å²) in [5.41, 5.74) is 0.336. The van der Waals surface area contributed by atoms with Crippen LogP contribution < -0.4 is 10.0 Å². The predicted molar refractivity (Wildman–Crippen MR) is 74.7 cm³/mol. The molecule has 20 heavy (non-hydrogen) atoms. The van der Waals surface area contributed by atoms with Crippen molar-refractivity contribution >= 4 is 25.8 Å². The summed E-state index contributed by atoms with van der Waals surface area (Å²) in [4.78, 5) is 11.3. The number of amides is 1. The van der Waals surface area contributed by atoms with E-state index in [1.807, 2.05) is 0 Å². The van der Waals surface area contributed by atoms with Gasteiger partial charge < -0.3 is 5.32 Å². The number of rotatable bonds is 6. The highest BCUT2D eigenvalue weighted by Gasteiger charge is 2.15. The summed E-state index contributed by atoms with van der Waals surface area (Å²) in [5, 5.41) is 2.42. The highest BCUT2D eigenvalue weighted by molar-refractivity contribution is 7.91. The van der Waals surface area contributed by atoms with Crippen LogP contribution in [0, 0.1) is 0 Å². The minimum absolute atomic E-state index is 0.0290. The van der Waals surface area contributed by atoms with Gasteiger partial charge in [0.1, 0.15) is 9.84 Å². The van der Waals surface area contributed by atoms with Crippen LogP contribution in [0.1, 0.15) is 10.4 Å². The number of carbonyl (C=O) groups excluding carboxylic acids is 1. The van der Waals surface area contributed by atoms with Crippen molar-refractivity contribution in [3.63, 3.8) is 0 Å². The second kappa shape index (κ2) is 6.33. The topological polar surface area (TPSA) is 109 Å². The Bertz CT molecular complexity index is 678. The Hall–Kier alpha value is -1.45. The molecule has 1 rings (SSSR count). The maximum atomic E-state index is 11.9. The minimum Gasteiger partial charge on any atom is -0.355 e. The monoisotopic (exact) mass is 320 g/mol. The quantitative estimate of drug-likeness (QED) is 0.725. The van der Waals surface area contributed by atoms with E-state index in [1.54, 1.807) is 0 Å². The first-order chi connectivity index (χ1) is 9.15. The van der Waals surface area contributed by atoms with Gasteiger partial charge in [0.15, 0.2) is 0 Å². The molecule has 0 fully saturated rings. The van der Waals surface area contributed by atoms with Crippen molar-refractivity contribution in [1.29, 1.82) is 0 Å². The predicted octanol–water partition coefficient (Wildman–Crippen LogP) is -0.631. The Labute approximate surface area is 118 Å². The van der Waals surface area contributed by atoms with Crippen LogP contribution in [-0.2, 0) is 19.9 Å². The molecule has 7 nitrogen and oxygen atoms in total. The molecule has 0 radical (unpaired) electrons. The second-order valence-electron chi connectivity index (χ2n) is 4.13. The number of carbonyl (C=O) groups is 1. The first-order valence-corrected chi connectivity index (χ1v) is 9.19. The maximum absolute atomic E-state index is 11.9. The highest BCUT2D eigenvalue weighted by atomic mass is 32.2. The van der Waals surface area contributed by atoms with Gasteiger partial charge in [0.05, 0.1) is 10.6 Å². The second-order valence-corrected chi connectivity index (χ2v) is 8.16. The molecule has 1 aromatic rings. The summed E-state index contributed by atoms with van der Waals surface area (Å²) < 4.78 is 47.8. The van der Waals surface area contributed by atoms with Gasteiger partial charge in [-0.3, -0.25) is 4.79 Å². The standard InChI is InChI=1S/C11H16N2O5S2/c1-12-11(14)9-3-5-10(6-4-9)20(17,18)13-7-8-19(2,15)16/h3-6,13H,7-8H2,1-2H3,(H,12,14). The zero-order valence-corrected chi connectivity index (χ0v) is 12.7. The summed E-state index contributed by atoms with van der Waals surface area (Å²) in [7, 11) is -5.54. The van der Waals surface area contributed by atoms with Crippen molar-refractivity contribution in [2.24, 2.45) is 0 Å². The van der Waals surface area contributed by atoms with Crippen LogP contribution in [0.4, 0.5) is 0 Å². The number of sulfonamides is 1. The molecule has 0 saturated heterocycles. The van der Waals surface area contributed by atoms with Gasteiger partial charge >= 0.3 is 0 Å². The van der Waals surface area contributed by atoms with Gasteiger partial charge in [0.2, 0.25) is 10.0 Å². The average molecular weight is 320 g/mol. The molecular formula is C11H16N2O5S2. The lowest BCUT2D eigenvalue weighted by molar-refractivity contribution is 0.0963. The molecule has 0 heterocycles. The first kappa shape index (κ1) is 16.6. The Morgan fingerprint density at radius 2 is 1.65 bits per heavy atom. The fraction of sp³-hybridized carbons (Fsp3) is 0.364. The van der Waals surface area contributed by atoms with E-state index < -0.39 is 19.9 Å². The molecule has 0 aliphatic carbocycles. The van der Waals surface area contributed by atoms with E-state index in [-0.39, 0.29) is 23.1 Å². The normalized spacial score (nSPS) is 12.1. The van der Waals surface area contributed by atoms with E-state index in [1.165, 1.54) is 31.3 Å². The Balaban J connectivity index is 2.80. The molecular weight excluding hydrogens is 304 g/mol. The van der Waals surface area contributed by atoms with Crippen molar-refractivity contribution in [3.05, 3.63) is 29.8 Å². The fourth-order valence-corrected chi connectivity index (χ4v) is 3.01. The molecule has 0 aliphatic heterocycles. The van der Waals surface area contributed by atoms with Crippen LogP contribution in [0.25, 0.3) is 0 Å². The largest absolute Gasteiger partial charge is 0.355 e. The van der Waals surface area contributed by atoms with Crippen LogP contribution in [-0.4, -0.2) is 48.3 Å². The van der Waals surface area contributed by atoms with E-state index in [4.69, 9.17) is 0 Å². The van der Waals surface area contributed by atoms with Gasteiger partial charge in [0, 0.05) is 25.4 Å². The molecule has 9 heteroatoms. The Morgan fingerprint density at radius 3 is 2.10 bits per heavy atom. The van der Waals surface area contributed by atoms with Gasteiger partial charge in [-0.1, -0.05) is 0 Å². The molecule has 0 bridgehead atoms. The van der Waals surface area contributed by atoms with E-state index in [0.29, 0.717) is 5.56 Å². The third-order valence-corrected chi connectivity index (χ3v) is 4.84. The van der Waals surface area contributed by atoms with E-state index in [2.05, 4.69) is 10.0 Å². The van der Waals surface area contributed by atoms with Crippen molar-refractivity contribution < 1.29 is 21.6 Å². The molecule has 0 saturated carbocycles. The summed E-state index contributed by atoms with van der Waals surface area (Å²) >= 11 is 0. The van der Waals surface area contributed by atoms with Crippen LogP contribution >= 0.6 is 0 Å².